The number of thiol groups is 1. The average Bonchev–Trinajstić information content (AvgIpc) is 2.65. The number of Topliss-reactive ketones (excluding diaryl/α,β-unsaturated/α-hetero) is 1. The van der Waals surface area contributed by atoms with Crippen LogP contribution in [0.2, 0.25) is 0 Å². The van der Waals surface area contributed by atoms with Crippen LogP contribution in [0.15, 0.2) is 54.6 Å². The van der Waals surface area contributed by atoms with E-state index in [9.17, 15) is 14.4 Å². The molecule has 0 aliphatic heterocycles. The largest absolute Gasteiger partial charge is 0.480 e. The number of carboxylic acid groups (broad SMARTS) is 1. The predicted octanol–water partition coefficient (Wildman–Crippen LogP) is 3.06. The van der Waals surface area contributed by atoms with Gasteiger partial charge >= 0.3 is 5.97 Å². The zero-order chi connectivity index (χ0) is 19.3. The highest BCUT2D eigenvalue weighted by atomic mass is 32.1. The Kier molecular flexibility index (Phi) is 6.21. The minimum atomic E-state index is -1.43. The van der Waals surface area contributed by atoms with Crippen LogP contribution in [-0.4, -0.2) is 34.6 Å². The number of carboxylic acids is 1. The van der Waals surface area contributed by atoms with Gasteiger partial charge in [-0.25, -0.2) is 4.79 Å². The first-order valence-corrected chi connectivity index (χ1v) is 8.76. The van der Waals surface area contributed by atoms with E-state index in [2.05, 4.69) is 17.9 Å². The van der Waals surface area contributed by atoms with E-state index in [1.807, 2.05) is 42.5 Å². The highest BCUT2D eigenvalue weighted by Crippen LogP contribution is 2.30. The number of carbonyl (C=O) groups is 3. The van der Waals surface area contributed by atoms with Gasteiger partial charge in [0.05, 0.1) is 0 Å². The molecule has 2 rings (SSSR count). The lowest BCUT2D eigenvalue weighted by Crippen LogP contribution is -2.50. The summed E-state index contributed by atoms with van der Waals surface area (Å²) in [6.07, 6.45) is 0. The first kappa shape index (κ1) is 19.7. The van der Waals surface area contributed by atoms with Crippen molar-refractivity contribution in [2.45, 2.75) is 19.9 Å². The molecule has 0 spiro atoms. The molecular formula is C20H21NO4S. The monoisotopic (exact) mass is 371 g/mol. The Bertz CT molecular complexity index is 818. The molecule has 26 heavy (non-hydrogen) atoms. The molecule has 2 N–H and O–H groups in total. The first-order chi connectivity index (χ1) is 12.3. The Hall–Kier alpha value is -2.60. The molecule has 0 heterocycles. The standard InChI is InChI=1S/C20H21NO4S/c1-20(2,19(25)21-16(12-26)18(23)24)17(22)15-11-7-6-10-14(15)13-8-4-3-5-9-13/h3-11,16,26H,12H2,1-2H3,(H,21,25)(H,23,24). The second kappa shape index (κ2) is 8.19. The summed E-state index contributed by atoms with van der Waals surface area (Å²) in [5.41, 5.74) is 0.577. The summed E-state index contributed by atoms with van der Waals surface area (Å²) in [5.74, 6) is -2.28. The fourth-order valence-corrected chi connectivity index (χ4v) is 2.76. The smallest absolute Gasteiger partial charge is 0.327 e. The lowest BCUT2D eigenvalue weighted by atomic mass is 9.80. The Balaban J connectivity index is 2.36. The molecule has 2 aromatic rings. The van der Waals surface area contributed by atoms with Gasteiger partial charge in [0, 0.05) is 11.3 Å². The van der Waals surface area contributed by atoms with E-state index in [-0.39, 0.29) is 11.5 Å². The highest BCUT2D eigenvalue weighted by Gasteiger charge is 2.39. The number of hydrogen-bond acceptors (Lipinski definition) is 4. The minimum absolute atomic E-state index is 0.0635. The molecule has 136 valence electrons. The van der Waals surface area contributed by atoms with Gasteiger partial charge < -0.3 is 10.4 Å². The van der Waals surface area contributed by atoms with Crippen LogP contribution < -0.4 is 5.32 Å². The van der Waals surface area contributed by atoms with Crippen LogP contribution in [0.1, 0.15) is 24.2 Å². The Morgan fingerprint density at radius 3 is 2.19 bits per heavy atom. The van der Waals surface area contributed by atoms with Crippen molar-refractivity contribution >= 4 is 30.3 Å². The van der Waals surface area contributed by atoms with Crippen molar-refractivity contribution < 1.29 is 19.5 Å². The van der Waals surface area contributed by atoms with Crippen molar-refractivity contribution in [1.29, 1.82) is 0 Å². The van der Waals surface area contributed by atoms with Gasteiger partial charge in [0.25, 0.3) is 0 Å². The first-order valence-electron chi connectivity index (χ1n) is 8.13. The average molecular weight is 371 g/mol. The molecular weight excluding hydrogens is 350 g/mol. The molecule has 0 bridgehead atoms. The van der Waals surface area contributed by atoms with Crippen molar-refractivity contribution in [2.24, 2.45) is 5.41 Å². The molecule has 1 unspecified atom stereocenters. The van der Waals surface area contributed by atoms with E-state index in [1.165, 1.54) is 13.8 Å². The van der Waals surface area contributed by atoms with Crippen LogP contribution in [0.5, 0.6) is 0 Å². The molecule has 0 fully saturated rings. The zero-order valence-corrected chi connectivity index (χ0v) is 15.5. The molecule has 0 aromatic heterocycles. The minimum Gasteiger partial charge on any atom is -0.480 e. The Labute approximate surface area is 157 Å². The van der Waals surface area contributed by atoms with Crippen LogP contribution >= 0.6 is 12.6 Å². The molecule has 0 aliphatic rings. The highest BCUT2D eigenvalue weighted by molar-refractivity contribution is 7.80. The van der Waals surface area contributed by atoms with Gasteiger partial charge in [0.15, 0.2) is 5.78 Å². The van der Waals surface area contributed by atoms with Gasteiger partial charge in [-0.05, 0) is 25.0 Å². The van der Waals surface area contributed by atoms with E-state index in [0.29, 0.717) is 5.56 Å². The van der Waals surface area contributed by atoms with Crippen molar-refractivity contribution in [3.05, 3.63) is 60.2 Å². The summed E-state index contributed by atoms with van der Waals surface area (Å²) in [4.78, 5) is 36.8. The number of aliphatic carboxylic acids is 1. The second-order valence-corrected chi connectivity index (χ2v) is 6.78. The van der Waals surface area contributed by atoms with E-state index in [1.54, 1.807) is 12.1 Å². The summed E-state index contributed by atoms with van der Waals surface area (Å²) in [5, 5.41) is 11.5. The van der Waals surface area contributed by atoms with Crippen LogP contribution in [-0.2, 0) is 9.59 Å². The van der Waals surface area contributed by atoms with Gasteiger partial charge in [0.1, 0.15) is 11.5 Å². The van der Waals surface area contributed by atoms with Crippen molar-refractivity contribution in [3.8, 4) is 11.1 Å². The summed E-state index contributed by atoms with van der Waals surface area (Å²) in [6.45, 7) is 2.98. The Morgan fingerprint density at radius 2 is 1.62 bits per heavy atom. The number of benzene rings is 2. The predicted molar refractivity (Wildman–Crippen MR) is 103 cm³/mol. The molecule has 1 atom stereocenters. The lowest BCUT2D eigenvalue weighted by Gasteiger charge is -2.25. The zero-order valence-electron chi connectivity index (χ0n) is 14.6. The summed E-state index contributed by atoms with van der Waals surface area (Å²) >= 11 is 3.93. The molecule has 0 radical (unpaired) electrons. The van der Waals surface area contributed by atoms with Gasteiger partial charge in [-0.2, -0.15) is 12.6 Å². The number of carbonyl (C=O) groups excluding carboxylic acids is 2. The summed E-state index contributed by atoms with van der Waals surface area (Å²) < 4.78 is 0. The van der Waals surface area contributed by atoms with Crippen molar-refractivity contribution in [1.82, 2.24) is 5.32 Å². The SMILES string of the molecule is CC(C)(C(=O)NC(CS)C(=O)O)C(=O)c1ccccc1-c1ccccc1. The maximum absolute atomic E-state index is 13.1. The molecule has 5 nitrogen and oxygen atoms in total. The van der Waals surface area contributed by atoms with E-state index >= 15 is 0 Å². The van der Waals surface area contributed by atoms with E-state index in [4.69, 9.17) is 5.11 Å². The summed E-state index contributed by atoms with van der Waals surface area (Å²) in [7, 11) is 0. The van der Waals surface area contributed by atoms with Gasteiger partial charge in [-0.1, -0.05) is 54.6 Å². The fourth-order valence-electron chi connectivity index (χ4n) is 2.51. The lowest BCUT2D eigenvalue weighted by molar-refractivity contribution is -0.142. The van der Waals surface area contributed by atoms with Gasteiger partial charge in [-0.3, -0.25) is 9.59 Å². The maximum Gasteiger partial charge on any atom is 0.327 e. The number of rotatable bonds is 7. The van der Waals surface area contributed by atoms with Crippen LogP contribution in [0, 0.1) is 5.41 Å². The van der Waals surface area contributed by atoms with Crippen molar-refractivity contribution in [2.75, 3.05) is 5.75 Å². The quantitative estimate of drug-likeness (QED) is 0.397. The molecule has 6 heteroatoms. The topological polar surface area (TPSA) is 83.5 Å². The third kappa shape index (κ3) is 4.14. The number of ketones is 1. The van der Waals surface area contributed by atoms with Crippen LogP contribution in [0.4, 0.5) is 0 Å². The van der Waals surface area contributed by atoms with E-state index in [0.717, 1.165) is 11.1 Å². The van der Waals surface area contributed by atoms with Crippen molar-refractivity contribution in [3.63, 3.8) is 0 Å². The number of amides is 1. The Morgan fingerprint density at radius 1 is 1.04 bits per heavy atom. The number of hydrogen-bond donors (Lipinski definition) is 3. The number of nitrogens with one attached hydrogen (secondary N) is 1. The fraction of sp³-hybridized carbons (Fsp3) is 0.250. The van der Waals surface area contributed by atoms with Crippen LogP contribution in [0.25, 0.3) is 11.1 Å². The normalized spacial score (nSPS) is 12.3. The summed E-state index contributed by atoms with van der Waals surface area (Å²) in [6, 6.07) is 15.3. The third-order valence-corrected chi connectivity index (χ3v) is 4.54. The van der Waals surface area contributed by atoms with Crippen LogP contribution in [0.3, 0.4) is 0 Å². The molecule has 2 aromatic carbocycles. The molecule has 0 saturated carbocycles. The molecule has 0 aliphatic carbocycles. The van der Waals surface area contributed by atoms with E-state index < -0.39 is 23.3 Å². The molecule has 1 amide bonds. The maximum atomic E-state index is 13.1. The second-order valence-electron chi connectivity index (χ2n) is 6.41. The molecule has 0 saturated heterocycles. The third-order valence-electron chi connectivity index (χ3n) is 4.18. The van der Waals surface area contributed by atoms with Gasteiger partial charge in [-0.15, -0.1) is 0 Å². The van der Waals surface area contributed by atoms with Gasteiger partial charge in [0.2, 0.25) is 5.91 Å².